The Morgan fingerprint density at radius 2 is 1.21 bits per heavy atom. The second kappa shape index (κ2) is 4.24. The zero-order valence-corrected chi connectivity index (χ0v) is 12.2. The van der Waals surface area contributed by atoms with Crippen molar-refractivity contribution in [1.29, 1.82) is 5.26 Å². The Balaban J connectivity index is 1.76. The van der Waals surface area contributed by atoms with E-state index in [-0.39, 0.29) is 5.41 Å². The fourth-order valence-electron chi connectivity index (χ4n) is 6.17. The molecule has 0 saturated heterocycles. The quantitative estimate of drug-likeness (QED) is 0.692. The van der Waals surface area contributed by atoms with Crippen LogP contribution in [0.2, 0.25) is 0 Å². The standard InChI is InChI=1S/C18H27N/c19-13-17(14-5-1-6-14)11-4-12-18(17,15-7-2-8-15)16-9-3-10-16/h14-16H,1-12H2. The van der Waals surface area contributed by atoms with Crippen LogP contribution in [0, 0.1) is 39.9 Å². The molecule has 0 bridgehead atoms. The molecule has 0 N–H and O–H groups in total. The van der Waals surface area contributed by atoms with Gasteiger partial charge >= 0.3 is 0 Å². The summed E-state index contributed by atoms with van der Waals surface area (Å²) >= 11 is 0. The van der Waals surface area contributed by atoms with Gasteiger partial charge in [0.25, 0.3) is 0 Å². The summed E-state index contributed by atoms with van der Waals surface area (Å²) < 4.78 is 0. The summed E-state index contributed by atoms with van der Waals surface area (Å²) in [5.74, 6) is 2.60. The lowest BCUT2D eigenvalue weighted by atomic mass is 9.42. The highest BCUT2D eigenvalue weighted by Gasteiger charge is 2.66. The first kappa shape index (κ1) is 12.2. The summed E-state index contributed by atoms with van der Waals surface area (Å²) in [6.45, 7) is 0. The first-order valence-corrected chi connectivity index (χ1v) is 8.75. The van der Waals surface area contributed by atoms with E-state index >= 15 is 0 Å². The predicted molar refractivity (Wildman–Crippen MR) is 76.4 cm³/mol. The van der Waals surface area contributed by atoms with Gasteiger partial charge in [0.2, 0.25) is 0 Å². The first-order valence-electron chi connectivity index (χ1n) is 8.75. The third kappa shape index (κ3) is 1.36. The maximum absolute atomic E-state index is 10.2. The summed E-state index contributed by atoms with van der Waals surface area (Å²) in [5, 5.41) is 10.2. The smallest absolute Gasteiger partial charge is 0.0698 e. The Labute approximate surface area is 117 Å². The molecule has 0 aromatic rings. The Morgan fingerprint density at radius 1 is 0.684 bits per heavy atom. The van der Waals surface area contributed by atoms with Crippen molar-refractivity contribution in [3.63, 3.8) is 0 Å². The normalized spacial score (nSPS) is 39.1. The van der Waals surface area contributed by atoms with E-state index in [1.54, 1.807) is 0 Å². The molecule has 4 rings (SSSR count). The molecule has 0 aromatic heterocycles. The van der Waals surface area contributed by atoms with E-state index in [0.29, 0.717) is 5.41 Å². The van der Waals surface area contributed by atoms with E-state index in [9.17, 15) is 5.26 Å². The molecule has 4 saturated carbocycles. The van der Waals surface area contributed by atoms with Gasteiger partial charge < -0.3 is 0 Å². The second-order valence-corrected chi connectivity index (χ2v) is 7.86. The molecule has 1 unspecified atom stereocenters. The van der Waals surface area contributed by atoms with Crippen molar-refractivity contribution in [2.45, 2.75) is 77.0 Å². The third-order valence-electron chi connectivity index (χ3n) is 7.66. The second-order valence-electron chi connectivity index (χ2n) is 7.86. The summed E-state index contributed by atoms with van der Waals surface area (Å²) in [6.07, 6.45) is 16.7. The fraction of sp³-hybridized carbons (Fsp3) is 0.944. The minimum absolute atomic E-state index is 0.0986. The maximum Gasteiger partial charge on any atom is 0.0698 e. The number of nitrogens with zero attached hydrogens (tertiary/aromatic N) is 1. The summed E-state index contributed by atoms with van der Waals surface area (Å²) in [7, 11) is 0. The number of nitriles is 1. The van der Waals surface area contributed by atoms with Crippen LogP contribution in [-0.2, 0) is 0 Å². The van der Waals surface area contributed by atoms with Crippen LogP contribution >= 0.6 is 0 Å². The van der Waals surface area contributed by atoms with Gasteiger partial charge in [-0.3, -0.25) is 0 Å². The van der Waals surface area contributed by atoms with Crippen LogP contribution in [0.1, 0.15) is 77.0 Å². The van der Waals surface area contributed by atoms with Crippen LogP contribution < -0.4 is 0 Å². The summed E-state index contributed by atoms with van der Waals surface area (Å²) in [4.78, 5) is 0. The van der Waals surface area contributed by atoms with Gasteiger partial charge in [-0.1, -0.05) is 25.7 Å². The van der Waals surface area contributed by atoms with Gasteiger partial charge in [0.1, 0.15) is 0 Å². The van der Waals surface area contributed by atoms with Crippen LogP contribution in [0.5, 0.6) is 0 Å². The highest BCUT2D eigenvalue weighted by atomic mass is 14.7. The van der Waals surface area contributed by atoms with Gasteiger partial charge in [-0.15, -0.1) is 0 Å². The third-order valence-corrected chi connectivity index (χ3v) is 7.66. The topological polar surface area (TPSA) is 23.8 Å². The van der Waals surface area contributed by atoms with Gasteiger partial charge in [0.05, 0.1) is 11.5 Å². The van der Waals surface area contributed by atoms with E-state index in [1.165, 1.54) is 77.0 Å². The Bertz CT molecular complexity index is 380. The lowest BCUT2D eigenvalue weighted by Crippen LogP contribution is -2.56. The van der Waals surface area contributed by atoms with E-state index in [4.69, 9.17) is 0 Å². The minimum Gasteiger partial charge on any atom is -0.198 e. The zero-order chi connectivity index (χ0) is 12.9. The molecule has 1 nitrogen and oxygen atoms in total. The predicted octanol–water partition coefficient (Wildman–Crippen LogP) is 5.07. The van der Waals surface area contributed by atoms with Crippen molar-refractivity contribution in [3.8, 4) is 6.07 Å². The molecule has 0 amide bonds. The first-order chi connectivity index (χ1) is 9.33. The highest BCUT2D eigenvalue weighted by Crippen LogP contribution is 2.72. The van der Waals surface area contributed by atoms with E-state index in [2.05, 4.69) is 6.07 Å². The van der Waals surface area contributed by atoms with Crippen LogP contribution in [0.4, 0.5) is 0 Å². The molecule has 1 heteroatoms. The molecule has 4 aliphatic carbocycles. The molecule has 4 aliphatic rings. The molecule has 0 aliphatic heterocycles. The molecule has 1 atom stereocenters. The molecule has 4 fully saturated rings. The maximum atomic E-state index is 10.2. The average Bonchev–Trinajstić information content (AvgIpc) is 2.51. The van der Waals surface area contributed by atoms with Crippen LogP contribution in [0.25, 0.3) is 0 Å². The fourth-order valence-corrected chi connectivity index (χ4v) is 6.17. The SMILES string of the molecule is N#CC1(C2CCC2)CCCC1(C1CCC1)C1CCC1. The van der Waals surface area contributed by atoms with E-state index in [1.807, 2.05) is 0 Å². The molecule has 0 heterocycles. The van der Waals surface area contributed by atoms with Crippen molar-refractivity contribution in [2.24, 2.45) is 28.6 Å². The highest BCUT2D eigenvalue weighted by molar-refractivity contribution is 5.22. The Kier molecular flexibility index (Phi) is 2.73. The molecular weight excluding hydrogens is 230 g/mol. The van der Waals surface area contributed by atoms with Crippen molar-refractivity contribution < 1.29 is 0 Å². The Hall–Kier alpha value is -0.510. The number of hydrogen-bond donors (Lipinski definition) is 0. The average molecular weight is 257 g/mol. The van der Waals surface area contributed by atoms with Crippen LogP contribution in [-0.4, -0.2) is 0 Å². The van der Waals surface area contributed by atoms with Gasteiger partial charge in [-0.05, 0) is 74.5 Å². The van der Waals surface area contributed by atoms with Gasteiger partial charge in [-0.2, -0.15) is 5.26 Å². The van der Waals surface area contributed by atoms with E-state index in [0.717, 1.165) is 17.8 Å². The van der Waals surface area contributed by atoms with Gasteiger partial charge in [-0.25, -0.2) is 0 Å². The van der Waals surface area contributed by atoms with Crippen LogP contribution in [0.3, 0.4) is 0 Å². The summed E-state index contributed by atoms with van der Waals surface area (Å²) in [6, 6.07) is 2.97. The van der Waals surface area contributed by atoms with E-state index < -0.39 is 0 Å². The van der Waals surface area contributed by atoms with Gasteiger partial charge in [0, 0.05) is 0 Å². The van der Waals surface area contributed by atoms with Crippen LogP contribution in [0.15, 0.2) is 0 Å². The molecular formula is C18H27N. The van der Waals surface area contributed by atoms with Gasteiger partial charge in [0.15, 0.2) is 0 Å². The lowest BCUT2D eigenvalue weighted by Gasteiger charge is -2.61. The number of hydrogen-bond acceptors (Lipinski definition) is 1. The lowest BCUT2D eigenvalue weighted by molar-refractivity contribution is -0.117. The number of rotatable bonds is 3. The van der Waals surface area contributed by atoms with Crippen molar-refractivity contribution >= 4 is 0 Å². The van der Waals surface area contributed by atoms with Crippen molar-refractivity contribution in [1.82, 2.24) is 0 Å². The van der Waals surface area contributed by atoms with Crippen molar-refractivity contribution in [3.05, 3.63) is 0 Å². The Morgan fingerprint density at radius 3 is 1.58 bits per heavy atom. The monoisotopic (exact) mass is 257 g/mol. The van der Waals surface area contributed by atoms with Crippen molar-refractivity contribution in [2.75, 3.05) is 0 Å². The molecule has 0 spiro atoms. The molecule has 104 valence electrons. The summed E-state index contributed by atoms with van der Waals surface area (Å²) in [5.41, 5.74) is 0.560. The largest absolute Gasteiger partial charge is 0.198 e. The molecule has 0 aromatic carbocycles. The minimum atomic E-state index is 0.0986. The zero-order valence-electron chi connectivity index (χ0n) is 12.2. The molecule has 19 heavy (non-hydrogen) atoms. The molecule has 0 radical (unpaired) electrons.